The minimum atomic E-state index is 0.731. The lowest BCUT2D eigenvalue weighted by Gasteiger charge is -2.17. The highest BCUT2D eigenvalue weighted by molar-refractivity contribution is 6.17. The Labute approximate surface area is 115 Å². The zero-order chi connectivity index (χ0) is 13.4. The largest absolute Gasteiger partial charge is 0.343 e. The Hall–Kier alpha value is -0.900. The first-order valence-corrected chi connectivity index (χ1v) is 7.25. The van der Waals surface area contributed by atoms with Crippen molar-refractivity contribution in [1.82, 2.24) is 15.2 Å². The van der Waals surface area contributed by atoms with Gasteiger partial charge in [0.25, 0.3) is 0 Å². The van der Waals surface area contributed by atoms with E-state index < -0.39 is 0 Å². The van der Waals surface area contributed by atoms with Crippen molar-refractivity contribution in [1.29, 1.82) is 0 Å². The van der Waals surface area contributed by atoms with E-state index in [1.54, 1.807) is 0 Å². The molecule has 0 N–H and O–H groups in total. The quantitative estimate of drug-likeness (QED) is 0.538. The molecule has 0 aliphatic carbocycles. The average Bonchev–Trinajstić information content (AvgIpc) is 2.42. The van der Waals surface area contributed by atoms with Gasteiger partial charge >= 0.3 is 0 Å². The first-order valence-electron chi connectivity index (χ1n) is 6.72. The Bertz CT molecular complexity index is 357. The van der Waals surface area contributed by atoms with Crippen molar-refractivity contribution in [2.75, 3.05) is 24.4 Å². The lowest BCUT2D eigenvalue weighted by Crippen LogP contribution is -2.22. The van der Waals surface area contributed by atoms with Crippen LogP contribution in [0, 0.1) is 0 Å². The zero-order valence-corrected chi connectivity index (χ0v) is 12.4. The van der Waals surface area contributed by atoms with Crippen LogP contribution < -0.4 is 4.90 Å². The predicted octanol–water partition coefficient (Wildman–Crippen LogP) is 2.84. The maximum atomic E-state index is 5.66. The van der Waals surface area contributed by atoms with Crippen LogP contribution in [-0.4, -0.2) is 34.7 Å². The second-order valence-corrected chi connectivity index (χ2v) is 4.76. The Morgan fingerprint density at radius 2 is 1.72 bits per heavy atom. The summed E-state index contributed by atoms with van der Waals surface area (Å²) in [6, 6.07) is 0. The number of halogens is 1. The molecule has 1 rings (SSSR count). The zero-order valence-electron chi connectivity index (χ0n) is 11.6. The molecule has 0 saturated heterocycles. The number of anilines is 1. The number of alkyl halides is 1. The van der Waals surface area contributed by atoms with Gasteiger partial charge in [-0.05, 0) is 25.7 Å². The molecule has 0 fully saturated rings. The third-order valence-corrected chi connectivity index (χ3v) is 3.23. The van der Waals surface area contributed by atoms with Crippen molar-refractivity contribution in [3.63, 3.8) is 0 Å². The molecule has 0 radical (unpaired) electrons. The van der Waals surface area contributed by atoms with E-state index in [1.807, 2.05) is 7.05 Å². The molecule has 0 atom stereocenters. The van der Waals surface area contributed by atoms with Crippen LogP contribution in [0.1, 0.15) is 44.5 Å². The van der Waals surface area contributed by atoms with Gasteiger partial charge < -0.3 is 4.90 Å². The summed E-state index contributed by atoms with van der Waals surface area (Å²) in [7, 11) is 2.02. The summed E-state index contributed by atoms with van der Waals surface area (Å²) in [4.78, 5) is 6.66. The first-order chi connectivity index (χ1) is 8.72. The van der Waals surface area contributed by atoms with Crippen molar-refractivity contribution < 1.29 is 0 Å². The lowest BCUT2D eigenvalue weighted by molar-refractivity contribution is 0.687. The summed E-state index contributed by atoms with van der Waals surface area (Å²) in [5.74, 6) is 1.47. The Morgan fingerprint density at radius 1 is 1.00 bits per heavy atom. The van der Waals surface area contributed by atoms with Crippen molar-refractivity contribution in [2.24, 2.45) is 0 Å². The molecule has 1 aromatic heterocycles. The molecule has 0 spiro atoms. The van der Waals surface area contributed by atoms with Gasteiger partial charge in [-0.3, -0.25) is 0 Å². The predicted molar refractivity (Wildman–Crippen MR) is 76.4 cm³/mol. The Balaban J connectivity index is 2.59. The summed E-state index contributed by atoms with van der Waals surface area (Å²) in [5, 5.41) is 8.45. The number of aromatic nitrogens is 3. The van der Waals surface area contributed by atoms with Crippen LogP contribution in [0.4, 0.5) is 5.95 Å². The number of nitrogens with zero attached hydrogens (tertiary/aromatic N) is 4. The molecule has 5 heteroatoms. The molecule has 0 bridgehead atoms. The van der Waals surface area contributed by atoms with E-state index in [0.29, 0.717) is 0 Å². The van der Waals surface area contributed by atoms with E-state index in [9.17, 15) is 0 Å². The van der Waals surface area contributed by atoms with Gasteiger partial charge in [-0.25, -0.2) is 4.98 Å². The molecular formula is C13H23ClN4. The van der Waals surface area contributed by atoms with Crippen LogP contribution in [0.5, 0.6) is 0 Å². The molecule has 102 valence electrons. The minimum absolute atomic E-state index is 0.731. The van der Waals surface area contributed by atoms with E-state index in [-0.39, 0.29) is 0 Å². The minimum Gasteiger partial charge on any atom is -0.343 e. The lowest BCUT2D eigenvalue weighted by atomic mass is 10.2. The Kier molecular flexibility index (Phi) is 6.94. The van der Waals surface area contributed by atoms with Crippen LogP contribution in [-0.2, 0) is 12.8 Å². The monoisotopic (exact) mass is 270 g/mol. The molecule has 18 heavy (non-hydrogen) atoms. The second kappa shape index (κ2) is 8.25. The van der Waals surface area contributed by atoms with E-state index in [4.69, 9.17) is 11.6 Å². The second-order valence-electron chi connectivity index (χ2n) is 4.38. The molecule has 0 amide bonds. The summed E-state index contributed by atoms with van der Waals surface area (Å²) in [5.41, 5.74) is 2.08. The van der Waals surface area contributed by atoms with Gasteiger partial charge in [0.2, 0.25) is 5.95 Å². The normalized spacial score (nSPS) is 10.7. The van der Waals surface area contributed by atoms with Gasteiger partial charge in [-0.1, -0.05) is 20.3 Å². The summed E-state index contributed by atoms with van der Waals surface area (Å²) >= 11 is 5.66. The smallest absolute Gasteiger partial charge is 0.245 e. The van der Waals surface area contributed by atoms with E-state index in [0.717, 1.165) is 61.9 Å². The van der Waals surface area contributed by atoms with Crippen molar-refractivity contribution >= 4 is 17.5 Å². The van der Waals surface area contributed by atoms with Crippen LogP contribution in [0.3, 0.4) is 0 Å². The molecular weight excluding hydrogens is 248 g/mol. The number of aryl methyl sites for hydroxylation is 2. The fraction of sp³-hybridized carbons (Fsp3) is 0.769. The molecule has 0 unspecified atom stereocenters. The fourth-order valence-corrected chi connectivity index (χ4v) is 2.00. The molecule has 0 saturated carbocycles. The van der Waals surface area contributed by atoms with Gasteiger partial charge in [0.15, 0.2) is 0 Å². The highest BCUT2D eigenvalue weighted by Gasteiger charge is 2.09. The summed E-state index contributed by atoms with van der Waals surface area (Å²) in [6.07, 6.45) is 5.14. The summed E-state index contributed by atoms with van der Waals surface area (Å²) < 4.78 is 0. The molecule has 1 heterocycles. The van der Waals surface area contributed by atoms with E-state index in [2.05, 4.69) is 33.9 Å². The van der Waals surface area contributed by atoms with Crippen molar-refractivity contribution in [2.45, 2.75) is 46.0 Å². The van der Waals surface area contributed by atoms with Gasteiger partial charge in [0, 0.05) is 19.5 Å². The number of hydrogen-bond donors (Lipinski definition) is 0. The highest BCUT2D eigenvalue weighted by atomic mass is 35.5. The molecule has 4 nitrogen and oxygen atoms in total. The number of hydrogen-bond acceptors (Lipinski definition) is 4. The molecule has 1 aromatic rings. The maximum absolute atomic E-state index is 5.66. The van der Waals surface area contributed by atoms with Crippen LogP contribution in [0.15, 0.2) is 0 Å². The van der Waals surface area contributed by atoms with Crippen molar-refractivity contribution in [3.8, 4) is 0 Å². The van der Waals surface area contributed by atoms with Crippen LogP contribution in [0.25, 0.3) is 0 Å². The van der Waals surface area contributed by atoms with Crippen molar-refractivity contribution in [3.05, 3.63) is 11.4 Å². The van der Waals surface area contributed by atoms with Crippen LogP contribution in [0.2, 0.25) is 0 Å². The number of unbranched alkanes of at least 4 members (excludes halogenated alkanes) is 2. The van der Waals surface area contributed by atoms with Gasteiger partial charge in [-0.15, -0.1) is 16.7 Å². The molecule has 0 aliphatic heterocycles. The SMILES string of the molecule is CCc1nnc(N(C)CCCCCCl)nc1CC. The maximum Gasteiger partial charge on any atom is 0.245 e. The molecule has 0 aromatic carbocycles. The Morgan fingerprint density at radius 3 is 2.33 bits per heavy atom. The molecule has 0 aliphatic rings. The van der Waals surface area contributed by atoms with Gasteiger partial charge in [-0.2, -0.15) is 5.10 Å². The van der Waals surface area contributed by atoms with E-state index in [1.165, 1.54) is 0 Å². The third-order valence-electron chi connectivity index (χ3n) is 2.97. The van der Waals surface area contributed by atoms with E-state index >= 15 is 0 Å². The average molecular weight is 271 g/mol. The standard InChI is InChI=1S/C13H23ClN4/c1-4-11-12(5-2)16-17-13(15-11)18(3)10-8-6-7-9-14/h4-10H2,1-3H3. The summed E-state index contributed by atoms with van der Waals surface area (Å²) in [6.45, 7) is 5.14. The third kappa shape index (κ3) is 4.41. The van der Waals surface area contributed by atoms with Gasteiger partial charge in [0.1, 0.15) is 0 Å². The van der Waals surface area contributed by atoms with Gasteiger partial charge in [0.05, 0.1) is 11.4 Å². The highest BCUT2D eigenvalue weighted by Crippen LogP contribution is 2.10. The topological polar surface area (TPSA) is 41.9 Å². The number of rotatable bonds is 8. The van der Waals surface area contributed by atoms with Crippen LogP contribution >= 0.6 is 11.6 Å². The fourth-order valence-electron chi connectivity index (χ4n) is 1.81. The first kappa shape index (κ1) is 15.2.